The van der Waals surface area contributed by atoms with Gasteiger partial charge >= 0.3 is 5.69 Å². The Morgan fingerprint density at radius 2 is 1.47 bits per heavy atom. The fraction of sp³-hybridized carbons (Fsp3) is 0.0833. The Labute approximate surface area is 176 Å². The van der Waals surface area contributed by atoms with Crippen molar-refractivity contribution in [1.29, 1.82) is 0 Å². The van der Waals surface area contributed by atoms with E-state index in [1.165, 1.54) is 4.57 Å². The van der Waals surface area contributed by atoms with E-state index in [1.54, 1.807) is 16.7 Å². The van der Waals surface area contributed by atoms with E-state index in [0.29, 0.717) is 16.1 Å². The molecule has 2 heterocycles. The summed E-state index contributed by atoms with van der Waals surface area (Å²) >= 11 is 6.15. The van der Waals surface area contributed by atoms with Crippen LogP contribution in [0.5, 0.6) is 0 Å². The maximum absolute atomic E-state index is 13.5. The largest absolute Gasteiger partial charge is 0.449 e. The predicted octanol–water partition coefficient (Wildman–Crippen LogP) is 4.66. The summed E-state index contributed by atoms with van der Waals surface area (Å²) in [6.07, 6.45) is 0. The quantitative estimate of drug-likeness (QED) is 0.428. The van der Waals surface area contributed by atoms with Crippen molar-refractivity contribution in [2.24, 2.45) is 0 Å². The summed E-state index contributed by atoms with van der Waals surface area (Å²) < 4.78 is 8.72. The average Bonchev–Trinajstić information content (AvgIpc) is 3.15. The van der Waals surface area contributed by atoms with Crippen molar-refractivity contribution in [3.8, 4) is 0 Å². The molecule has 0 aliphatic carbocycles. The van der Waals surface area contributed by atoms with Gasteiger partial charge in [-0.05, 0) is 35.4 Å². The molecule has 0 N–H and O–H groups in total. The molecule has 0 saturated carbocycles. The Balaban J connectivity index is 1.81. The molecule has 0 fully saturated rings. The predicted molar refractivity (Wildman–Crippen MR) is 118 cm³/mol. The third-order valence-electron chi connectivity index (χ3n) is 5.15. The van der Waals surface area contributed by atoms with Gasteiger partial charge in [-0.2, -0.15) is 0 Å². The maximum atomic E-state index is 13.5. The summed E-state index contributed by atoms with van der Waals surface area (Å²) in [4.78, 5) is 26.7. The smallest absolute Gasteiger partial charge is 0.332 e. The van der Waals surface area contributed by atoms with Crippen LogP contribution < -0.4 is 11.2 Å². The molecule has 5 rings (SSSR count). The van der Waals surface area contributed by atoms with Gasteiger partial charge in [-0.15, -0.1) is 0 Å². The summed E-state index contributed by atoms with van der Waals surface area (Å²) in [5.41, 5.74) is 2.16. The fourth-order valence-electron chi connectivity index (χ4n) is 3.77. The second-order valence-corrected chi connectivity index (χ2v) is 7.59. The number of fused-ring (bicyclic) bond motifs is 3. The minimum Gasteiger partial charge on any atom is -0.449 e. The Bertz CT molecular complexity index is 1500. The third kappa shape index (κ3) is 3.13. The zero-order valence-corrected chi connectivity index (χ0v) is 16.7. The number of furan rings is 1. The van der Waals surface area contributed by atoms with Crippen LogP contribution in [0.4, 0.5) is 0 Å². The number of rotatable bonds is 4. The Hall–Kier alpha value is -3.57. The first kappa shape index (κ1) is 18.5. The molecule has 5 aromatic rings. The molecule has 3 aromatic carbocycles. The van der Waals surface area contributed by atoms with E-state index in [2.05, 4.69) is 0 Å². The lowest BCUT2D eigenvalue weighted by Crippen LogP contribution is -2.40. The average molecular weight is 417 g/mol. The van der Waals surface area contributed by atoms with Crippen LogP contribution in [0.15, 0.2) is 92.9 Å². The van der Waals surface area contributed by atoms with Crippen molar-refractivity contribution in [1.82, 2.24) is 9.13 Å². The first-order valence-corrected chi connectivity index (χ1v) is 9.93. The minimum atomic E-state index is -0.433. The van der Waals surface area contributed by atoms with Crippen molar-refractivity contribution >= 4 is 33.7 Å². The minimum absolute atomic E-state index is 0.168. The Kier molecular flexibility index (Phi) is 4.52. The highest BCUT2D eigenvalue weighted by molar-refractivity contribution is 6.30. The van der Waals surface area contributed by atoms with Crippen LogP contribution in [0, 0.1) is 0 Å². The topological polar surface area (TPSA) is 57.1 Å². The van der Waals surface area contributed by atoms with Gasteiger partial charge in [-0.25, -0.2) is 4.79 Å². The van der Waals surface area contributed by atoms with E-state index in [1.807, 2.05) is 66.7 Å². The summed E-state index contributed by atoms with van der Waals surface area (Å²) in [6, 6.07) is 24.1. The molecule has 0 spiro atoms. The first-order chi connectivity index (χ1) is 14.6. The summed E-state index contributed by atoms with van der Waals surface area (Å²) in [7, 11) is 0. The van der Waals surface area contributed by atoms with Gasteiger partial charge in [-0.3, -0.25) is 13.9 Å². The molecule has 2 aromatic heterocycles. The molecule has 0 amide bonds. The molecule has 5 nitrogen and oxygen atoms in total. The van der Waals surface area contributed by atoms with Crippen LogP contribution in [-0.2, 0) is 13.1 Å². The maximum Gasteiger partial charge on any atom is 0.332 e. The van der Waals surface area contributed by atoms with E-state index in [-0.39, 0.29) is 24.4 Å². The molecular formula is C24H17ClN2O3. The number of benzene rings is 3. The van der Waals surface area contributed by atoms with Gasteiger partial charge in [0.05, 0.1) is 13.1 Å². The molecule has 6 heteroatoms. The van der Waals surface area contributed by atoms with E-state index in [4.69, 9.17) is 16.0 Å². The van der Waals surface area contributed by atoms with E-state index >= 15 is 0 Å². The van der Waals surface area contributed by atoms with Crippen LogP contribution in [0.1, 0.15) is 11.1 Å². The first-order valence-electron chi connectivity index (χ1n) is 9.55. The Morgan fingerprint density at radius 1 is 0.767 bits per heavy atom. The number of hydrogen-bond donors (Lipinski definition) is 0. The second-order valence-electron chi connectivity index (χ2n) is 7.15. The van der Waals surface area contributed by atoms with Crippen LogP contribution >= 0.6 is 11.6 Å². The van der Waals surface area contributed by atoms with Crippen LogP contribution in [0.3, 0.4) is 0 Å². The van der Waals surface area contributed by atoms with Gasteiger partial charge in [0.15, 0.2) is 0 Å². The number of nitrogens with zero attached hydrogens (tertiary/aromatic N) is 2. The van der Waals surface area contributed by atoms with Gasteiger partial charge in [0.2, 0.25) is 5.58 Å². The summed E-state index contributed by atoms with van der Waals surface area (Å²) in [5, 5.41) is 1.32. The molecule has 0 saturated heterocycles. The number of aromatic nitrogens is 2. The third-order valence-corrected chi connectivity index (χ3v) is 5.39. The molecule has 0 unspecified atom stereocenters. The molecule has 0 atom stereocenters. The van der Waals surface area contributed by atoms with Gasteiger partial charge in [0, 0.05) is 10.4 Å². The van der Waals surface area contributed by atoms with Gasteiger partial charge < -0.3 is 4.42 Å². The normalized spacial score (nSPS) is 11.4. The molecule has 0 aliphatic rings. The molecule has 0 radical (unpaired) electrons. The Morgan fingerprint density at radius 3 is 2.27 bits per heavy atom. The van der Waals surface area contributed by atoms with Crippen molar-refractivity contribution in [3.05, 3.63) is 116 Å². The molecule has 148 valence electrons. The molecule has 0 bridgehead atoms. The van der Waals surface area contributed by atoms with E-state index in [0.717, 1.165) is 16.5 Å². The standard InChI is InChI=1S/C24H17ClN2O3/c25-18-10-6-9-17(13-18)15-26-21-19-11-4-5-12-20(19)30-22(21)23(28)27(24(26)29)14-16-7-2-1-3-8-16/h1-13H,14-15H2. The lowest BCUT2D eigenvalue weighted by molar-refractivity contribution is 0.600. The SMILES string of the molecule is O=c1c2oc3ccccc3c2n(Cc2cccc(Cl)c2)c(=O)n1Cc1ccccc1. The van der Waals surface area contributed by atoms with Crippen molar-refractivity contribution in [2.45, 2.75) is 13.1 Å². The molecule has 30 heavy (non-hydrogen) atoms. The number of para-hydroxylation sites is 1. The van der Waals surface area contributed by atoms with Crippen LogP contribution in [-0.4, -0.2) is 9.13 Å². The monoisotopic (exact) mass is 416 g/mol. The van der Waals surface area contributed by atoms with Crippen molar-refractivity contribution in [3.63, 3.8) is 0 Å². The zero-order chi connectivity index (χ0) is 20.7. The van der Waals surface area contributed by atoms with Gasteiger partial charge in [0.1, 0.15) is 11.1 Å². The van der Waals surface area contributed by atoms with Gasteiger partial charge in [-0.1, -0.05) is 66.2 Å². The van der Waals surface area contributed by atoms with E-state index < -0.39 is 5.56 Å². The highest BCUT2D eigenvalue weighted by Gasteiger charge is 2.20. The van der Waals surface area contributed by atoms with E-state index in [9.17, 15) is 9.59 Å². The molecular weight excluding hydrogens is 400 g/mol. The summed E-state index contributed by atoms with van der Waals surface area (Å²) in [6.45, 7) is 0.440. The summed E-state index contributed by atoms with van der Waals surface area (Å²) in [5.74, 6) is 0. The fourth-order valence-corrected chi connectivity index (χ4v) is 3.98. The zero-order valence-electron chi connectivity index (χ0n) is 15.9. The van der Waals surface area contributed by atoms with Gasteiger partial charge in [0.25, 0.3) is 5.56 Å². The highest BCUT2D eigenvalue weighted by Crippen LogP contribution is 2.26. The van der Waals surface area contributed by atoms with Crippen LogP contribution in [0.2, 0.25) is 5.02 Å². The highest BCUT2D eigenvalue weighted by atomic mass is 35.5. The second kappa shape index (κ2) is 7.35. The molecule has 0 aliphatic heterocycles. The number of hydrogen-bond acceptors (Lipinski definition) is 3. The van der Waals surface area contributed by atoms with Crippen molar-refractivity contribution < 1.29 is 4.42 Å². The lowest BCUT2D eigenvalue weighted by Gasteiger charge is -2.12. The lowest BCUT2D eigenvalue weighted by atomic mass is 10.2. The number of halogens is 1. The van der Waals surface area contributed by atoms with Crippen LogP contribution in [0.25, 0.3) is 22.1 Å². The van der Waals surface area contributed by atoms with Crippen molar-refractivity contribution in [2.75, 3.05) is 0 Å².